The van der Waals surface area contributed by atoms with Gasteiger partial charge in [-0.1, -0.05) is 18.2 Å². The summed E-state index contributed by atoms with van der Waals surface area (Å²) >= 11 is 0. The van der Waals surface area contributed by atoms with Crippen molar-refractivity contribution in [3.05, 3.63) is 76.5 Å². The van der Waals surface area contributed by atoms with Crippen molar-refractivity contribution in [2.24, 2.45) is 17.1 Å². The van der Waals surface area contributed by atoms with Gasteiger partial charge in [-0.05, 0) is 66.6 Å². The van der Waals surface area contributed by atoms with Gasteiger partial charge in [-0.2, -0.15) is 15.8 Å². The smallest absolute Gasteiger partial charge is 0.191 e. The van der Waals surface area contributed by atoms with Crippen molar-refractivity contribution in [3.8, 4) is 35.5 Å². The number of allylic oxidation sites excluding steroid dienone is 4. The van der Waals surface area contributed by atoms with Gasteiger partial charge in [0.1, 0.15) is 29.9 Å². The van der Waals surface area contributed by atoms with E-state index >= 15 is 0 Å². The van der Waals surface area contributed by atoms with Crippen LogP contribution in [0.15, 0.2) is 65.4 Å². The van der Waals surface area contributed by atoms with E-state index in [1.54, 1.807) is 14.2 Å². The average molecular weight is 467 g/mol. The molecule has 0 aliphatic heterocycles. The van der Waals surface area contributed by atoms with Gasteiger partial charge in [-0.15, -0.1) is 0 Å². The molecule has 0 fully saturated rings. The summed E-state index contributed by atoms with van der Waals surface area (Å²) in [6.07, 6.45) is 4.56. The molecule has 0 radical (unpaired) electrons. The van der Waals surface area contributed by atoms with Gasteiger partial charge in [0.15, 0.2) is 5.41 Å². The predicted molar refractivity (Wildman–Crippen MR) is 129 cm³/mol. The fourth-order valence-corrected chi connectivity index (χ4v) is 5.16. The highest BCUT2D eigenvalue weighted by molar-refractivity contribution is 5.59. The zero-order chi connectivity index (χ0) is 25.0. The molecule has 7 nitrogen and oxygen atoms in total. The van der Waals surface area contributed by atoms with Crippen LogP contribution in [0.2, 0.25) is 0 Å². The quantitative estimate of drug-likeness (QED) is 0.643. The lowest BCUT2D eigenvalue weighted by atomic mass is 9.56. The van der Waals surface area contributed by atoms with Gasteiger partial charge >= 0.3 is 0 Å². The van der Waals surface area contributed by atoms with Crippen molar-refractivity contribution in [1.82, 2.24) is 0 Å². The summed E-state index contributed by atoms with van der Waals surface area (Å²) in [4.78, 5) is 0. The van der Waals surface area contributed by atoms with E-state index in [0.717, 1.165) is 41.7 Å². The second-order valence-electron chi connectivity index (χ2n) is 8.64. The van der Waals surface area contributed by atoms with Crippen LogP contribution in [0.4, 0.5) is 0 Å². The summed E-state index contributed by atoms with van der Waals surface area (Å²) in [5, 5.41) is 30.2. The molecule has 0 saturated carbocycles. The Morgan fingerprint density at radius 2 is 1.71 bits per heavy atom. The molecule has 0 heterocycles. The summed E-state index contributed by atoms with van der Waals surface area (Å²) in [6, 6.07) is 19.5. The van der Waals surface area contributed by atoms with Gasteiger partial charge in [0.25, 0.3) is 0 Å². The minimum atomic E-state index is -1.64. The Bertz CT molecular complexity index is 1290. The number of ether oxygens (including phenoxy) is 3. The van der Waals surface area contributed by atoms with Crippen molar-refractivity contribution in [1.29, 1.82) is 15.8 Å². The number of nitriles is 3. The normalized spacial score (nSPS) is 20.4. The van der Waals surface area contributed by atoms with E-state index in [1.165, 1.54) is 0 Å². The van der Waals surface area contributed by atoms with Crippen LogP contribution in [0.3, 0.4) is 0 Å². The molecular weight excluding hydrogens is 440 g/mol. The van der Waals surface area contributed by atoms with Gasteiger partial charge < -0.3 is 19.9 Å². The molecule has 0 spiro atoms. The molecule has 7 heteroatoms. The van der Waals surface area contributed by atoms with Crippen LogP contribution in [-0.4, -0.2) is 14.2 Å². The lowest BCUT2D eigenvalue weighted by Gasteiger charge is -2.43. The van der Waals surface area contributed by atoms with E-state index < -0.39 is 11.3 Å². The Kier molecular flexibility index (Phi) is 6.67. The molecule has 0 saturated heterocycles. The van der Waals surface area contributed by atoms with Gasteiger partial charge in [-0.3, -0.25) is 0 Å². The number of nitrogens with zero attached hydrogens (tertiary/aromatic N) is 3. The maximum absolute atomic E-state index is 10.2. The van der Waals surface area contributed by atoms with Crippen molar-refractivity contribution in [2.45, 2.75) is 31.8 Å². The SMILES string of the molecule is COc1ccc(OCc2ccc([C@@H]3[C@H]4CCCC=C4C(C#N)=C(N)C3(C#N)C#N)cc2OC)cc1. The molecule has 2 aliphatic rings. The third-order valence-electron chi connectivity index (χ3n) is 6.92. The molecular formula is C28H26N4O3. The summed E-state index contributed by atoms with van der Waals surface area (Å²) < 4.78 is 16.8. The minimum Gasteiger partial charge on any atom is -0.497 e. The molecule has 2 atom stereocenters. The van der Waals surface area contributed by atoms with Gasteiger partial charge in [0.05, 0.1) is 37.6 Å². The first-order chi connectivity index (χ1) is 17.0. The zero-order valence-corrected chi connectivity index (χ0v) is 19.7. The molecule has 2 N–H and O–H groups in total. The topological polar surface area (TPSA) is 125 Å². The maximum Gasteiger partial charge on any atom is 0.191 e. The standard InChI is InChI=1S/C28H26N4O3/c1-33-20-9-11-21(12-10-20)35-15-19-8-7-18(13-25(19)34-2)26-23-6-4-3-5-22(23)24(14-29)27(32)28(26,16-30)17-31/h5,7-13,23,26H,3-4,6,15,32H2,1-2H3/t23-,26+/m0/s1. The fourth-order valence-electron chi connectivity index (χ4n) is 5.16. The summed E-state index contributed by atoms with van der Waals surface area (Å²) in [7, 11) is 3.19. The molecule has 4 rings (SSSR count). The molecule has 0 bridgehead atoms. The van der Waals surface area contributed by atoms with Crippen molar-refractivity contribution in [3.63, 3.8) is 0 Å². The Hall–Kier alpha value is -4.41. The summed E-state index contributed by atoms with van der Waals surface area (Å²) in [5.74, 6) is 1.35. The number of fused-ring (bicyclic) bond motifs is 1. The molecule has 176 valence electrons. The first-order valence-electron chi connectivity index (χ1n) is 11.4. The van der Waals surface area contributed by atoms with Crippen LogP contribution in [0.5, 0.6) is 17.2 Å². The van der Waals surface area contributed by atoms with E-state index in [1.807, 2.05) is 48.5 Å². The largest absolute Gasteiger partial charge is 0.497 e. The molecule has 35 heavy (non-hydrogen) atoms. The first kappa shape index (κ1) is 23.7. The van der Waals surface area contributed by atoms with E-state index in [9.17, 15) is 15.8 Å². The third kappa shape index (κ3) is 4.05. The molecule has 0 aromatic heterocycles. The predicted octanol–water partition coefficient (Wildman–Crippen LogP) is 4.88. The lowest BCUT2D eigenvalue weighted by molar-refractivity contribution is 0.294. The number of benzene rings is 2. The van der Waals surface area contributed by atoms with Crippen LogP contribution in [0.1, 0.15) is 36.3 Å². The van der Waals surface area contributed by atoms with Gasteiger partial charge in [-0.25, -0.2) is 0 Å². The van der Waals surface area contributed by atoms with Gasteiger partial charge in [0.2, 0.25) is 0 Å². The number of hydrogen-bond acceptors (Lipinski definition) is 7. The monoisotopic (exact) mass is 466 g/mol. The highest BCUT2D eigenvalue weighted by Crippen LogP contribution is 2.56. The Balaban J connectivity index is 1.72. The molecule has 0 unspecified atom stereocenters. The molecule has 2 aromatic rings. The summed E-state index contributed by atoms with van der Waals surface area (Å²) in [5.41, 5.74) is 7.47. The Morgan fingerprint density at radius 1 is 1.00 bits per heavy atom. The van der Waals surface area contributed by atoms with Crippen LogP contribution < -0.4 is 19.9 Å². The van der Waals surface area contributed by atoms with Crippen molar-refractivity contribution in [2.75, 3.05) is 14.2 Å². The molecule has 0 amide bonds. The van der Waals surface area contributed by atoms with Crippen molar-refractivity contribution < 1.29 is 14.2 Å². The van der Waals surface area contributed by atoms with E-state index in [-0.39, 0.29) is 23.8 Å². The summed E-state index contributed by atoms with van der Waals surface area (Å²) in [6.45, 7) is 0.275. The molecule has 2 aliphatic carbocycles. The zero-order valence-electron chi connectivity index (χ0n) is 19.7. The minimum absolute atomic E-state index is 0.0327. The van der Waals surface area contributed by atoms with Crippen LogP contribution >= 0.6 is 0 Å². The maximum atomic E-state index is 10.2. The lowest BCUT2D eigenvalue weighted by Crippen LogP contribution is -2.42. The Morgan fingerprint density at radius 3 is 2.34 bits per heavy atom. The molecule has 2 aromatic carbocycles. The Labute approximate surface area is 205 Å². The number of nitrogens with two attached hydrogens (primary N) is 1. The fraction of sp³-hybridized carbons (Fsp3) is 0.321. The number of methoxy groups -OCH3 is 2. The highest BCUT2D eigenvalue weighted by Gasteiger charge is 2.53. The second kappa shape index (κ2) is 9.84. The average Bonchev–Trinajstić information content (AvgIpc) is 2.91. The van der Waals surface area contributed by atoms with Crippen molar-refractivity contribution >= 4 is 0 Å². The second-order valence-corrected chi connectivity index (χ2v) is 8.64. The van der Waals surface area contributed by atoms with E-state index in [2.05, 4.69) is 18.2 Å². The number of hydrogen-bond donors (Lipinski definition) is 1. The van der Waals surface area contributed by atoms with E-state index in [4.69, 9.17) is 19.9 Å². The third-order valence-corrected chi connectivity index (χ3v) is 6.92. The van der Waals surface area contributed by atoms with Crippen LogP contribution in [0, 0.1) is 45.3 Å². The van der Waals surface area contributed by atoms with Crippen LogP contribution in [-0.2, 0) is 6.61 Å². The highest BCUT2D eigenvalue weighted by atomic mass is 16.5. The first-order valence-corrected chi connectivity index (χ1v) is 11.4. The van der Waals surface area contributed by atoms with Crippen LogP contribution in [0.25, 0.3) is 0 Å². The van der Waals surface area contributed by atoms with Gasteiger partial charge in [0, 0.05) is 11.5 Å². The van der Waals surface area contributed by atoms with E-state index in [0.29, 0.717) is 11.5 Å². The number of rotatable bonds is 6.